The van der Waals surface area contributed by atoms with Crippen LogP contribution >= 0.6 is 0 Å². The van der Waals surface area contributed by atoms with Gasteiger partial charge in [0.1, 0.15) is 0 Å². The molecule has 0 amide bonds. The highest BCUT2D eigenvalue weighted by atomic mass is 16.3. The summed E-state index contributed by atoms with van der Waals surface area (Å²) in [7, 11) is 0. The lowest BCUT2D eigenvalue weighted by molar-refractivity contribution is 0.292. The van der Waals surface area contributed by atoms with Gasteiger partial charge in [-0.1, -0.05) is 0 Å². The SMILES string of the molecule is O=c1cc(-c2ccncc2)[nH]c(NCCCO)n1. The fourth-order valence-electron chi connectivity index (χ4n) is 1.51. The number of hydrogen-bond donors (Lipinski definition) is 3. The molecule has 2 heterocycles. The van der Waals surface area contributed by atoms with E-state index in [9.17, 15) is 4.79 Å². The van der Waals surface area contributed by atoms with Crippen molar-refractivity contribution in [2.75, 3.05) is 18.5 Å². The van der Waals surface area contributed by atoms with Crippen LogP contribution in [0.4, 0.5) is 5.95 Å². The van der Waals surface area contributed by atoms with Crippen molar-refractivity contribution < 1.29 is 5.11 Å². The monoisotopic (exact) mass is 246 g/mol. The Bertz CT molecular complexity index is 554. The first-order valence-corrected chi connectivity index (χ1v) is 5.66. The third-order valence-electron chi connectivity index (χ3n) is 2.36. The van der Waals surface area contributed by atoms with E-state index in [-0.39, 0.29) is 12.2 Å². The molecule has 6 heteroatoms. The smallest absolute Gasteiger partial charge is 0.275 e. The van der Waals surface area contributed by atoms with Crippen LogP contribution < -0.4 is 10.9 Å². The number of aromatic amines is 1. The number of rotatable bonds is 5. The van der Waals surface area contributed by atoms with E-state index in [1.54, 1.807) is 12.4 Å². The zero-order valence-electron chi connectivity index (χ0n) is 9.76. The van der Waals surface area contributed by atoms with Gasteiger partial charge in [0.05, 0.1) is 5.69 Å². The molecule has 0 saturated carbocycles. The van der Waals surface area contributed by atoms with Gasteiger partial charge in [0.15, 0.2) is 0 Å². The fourth-order valence-corrected chi connectivity index (χ4v) is 1.51. The van der Waals surface area contributed by atoms with E-state index in [4.69, 9.17) is 5.11 Å². The first-order chi connectivity index (χ1) is 8.79. The van der Waals surface area contributed by atoms with Gasteiger partial charge < -0.3 is 15.4 Å². The zero-order valence-corrected chi connectivity index (χ0v) is 9.76. The van der Waals surface area contributed by atoms with Crippen LogP contribution in [0.3, 0.4) is 0 Å². The lowest BCUT2D eigenvalue weighted by Gasteiger charge is -2.06. The van der Waals surface area contributed by atoms with Gasteiger partial charge in [0, 0.05) is 37.2 Å². The van der Waals surface area contributed by atoms with Crippen LogP contribution in [-0.4, -0.2) is 33.2 Å². The van der Waals surface area contributed by atoms with Crippen LogP contribution in [0, 0.1) is 0 Å². The van der Waals surface area contributed by atoms with Crippen molar-refractivity contribution in [1.29, 1.82) is 0 Å². The first-order valence-electron chi connectivity index (χ1n) is 5.66. The molecule has 18 heavy (non-hydrogen) atoms. The number of nitrogens with zero attached hydrogens (tertiary/aromatic N) is 2. The molecule has 0 spiro atoms. The highest BCUT2D eigenvalue weighted by Gasteiger charge is 2.02. The summed E-state index contributed by atoms with van der Waals surface area (Å²) in [5.41, 5.74) is 1.24. The summed E-state index contributed by atoms with van der Waals surface area (Å²) in [5.74, 6) is 0.405. The summed E-state index contributed by atoms with van der Waals surface area (Å²) in [4.78, 5) is 22.2. The number of anilines is 1. The average molecular weight is 246 g/mol. The molecular weight excluding hydrogens is 232 g/mol. The van der Waals surface area contributed by atoms with Gasteiger partial charge in [0.2, 0.25) is 5.95 Å². The molecule has 0 radical (unpaired) electrons. The van der Waals surface area contributed by atoms with Crippen molar-refractivity contribution in [2.24, 2.45) is 0 Å². The summed E-state index contributed by atoms with van der Waals surface area (Å²) in [6.07, 6.45) is 3.92. The normalized spacial score (nSPS) is 10.3. The molecule has 0 aliphatic carbocycles. The molecular formula is C12H14N4O2. The Kier molecular flexibility index (Phi) is 4.03. The molecule has 0 unspecified atom stereocenters. The Morgan fingerprint density at radius 2 is 2.11 bits per heavy atom. The summed E-state index contributed by atoms with van der Waals surface area (Å²) < 4.78 is 0. The number of aliphatic hydroxyl groups is 1. The summed E-state index contributed by atoms with van der Waals surface area (Å²) in [5, 5.41) is 11.6. The van der Waals surface area contributed by atoms with Gasteiger partial charge in [-0.15, -0.1) is 0 Å². The van der Waals surface area contributed by atoms with Gasteiger partial charge in [-0.05, 0) is 18.6 Å². The highest BCUT2D eigenvalue weighted by molar-refractivity contribution is 5.58. The van der Waals surface area contributed by atoms with Gasteiger partial charge >= 0.3 is 0 Å². The standard InChI is InChI=1S/C12H14N4O2/c17-7-1-4-14-12-15-10(8-11(18)16-12)9-2-5-13-6-3-9/h2-3,5-6,8,17H,1,4,7H2,(H2,14,15,16,18). The Labute approximate surface area is 104 Å². The number of nitrogens with one attached hydrogen (secondary N) is 2. The largest absolute Gasteiger partial charge is 0.396 e. The quantitative estimate of drug-likeness (QED) is 0.673. The molecule has 94 valence electrons. The molecule has 0 aliphatic heterocycles. The van der Waals surface area contributed by atoms with Crippen LogP contribution in [0.2, 0.25) is 0 Å². The first kappa shape index (κ1) is 12.3. The van der Waals surface area contributed by atoms with Crippen LogP contribution in [0.15, 0.2) is 35.4 Å². The maximum absolute atomic E-state index is 11.5. The Morgan fingerprint density at radius 3 is 2.83 bits per heavy atom. The van der Waals surface area contributed by atoms with Gasteiger partial charge in [0.25, 0.3) is 5.56 Å². The molecule has 0 bridgehead atoms. The highest BCUT2D eigenvalue weighted by Crippen LogP contribution is 2.14. The van der Waals surface area contributed by atoms with E-state index in [2.05, 4.69) is 20.3 Å². The van der Waals surface area contributed by atoms with Gasteiger partial charge in [-0.25, -0.2) is 0 Å². The lowest BCUT2D eigenvalue weighted by Crippen LogP contribution is -2.14. The molecule has 6 nitrogen and oxygen atoms in total. The molecule has 0 fully saturated rings. The molecule has 0 aromatic carbocycles. The molecule has 2 aromatic heterocycles. The lowest BCUT2D eigenvalue weighted by atomic mass is 10.2. The second-order valence-corrected chi connectivity index (χ2v) is 3.72. The Morgan fingerprint density at radius 1 is 1.33 bits per heavy atom. The van der Waals surface area contributed by atoms with Gasteiger partial charge in [-0.2, -0.15) is 4.98 Å². The minimum absolute atomic E-state index is 0.0985. The van der Waals surface area contributed by atoms with Crippen molar-refractivity contribution in [3.63, 3.8) is 0 Å². The van der Waals surface area contributed by atoms with Crippen LogP contribution in [0.5, 0.6) is 0 Å². The zero-order chi connectivity index (χ0) is 12.8. The van der Waals surface area contributed by atoms with Crippen molar-refractivity contribution in [3.8, 4) is 11.3 Å². The summed E-state index contributed by atoms with van der Waals surface area (Å²) >= 11 is 0. The maximum Gasteiger partial charge on any atom is 0.275 e. The van der Waals surface area contributed by atoms with E-state index in [0.29, 0.717) is 24.6 Å². The number of pyridine rings is 1. The second kappa shape index (κ2) is 5.92. The number of hydrogen-bond acceptors (Lipinski definition) is 5. The van der Waals surface area contributed by atoms with Crippen molar-refractivity contribution in [2.45, 2.75) is 6.42 Å². The van der Waals surface area contributed by atoms with Gasteiger partial charge in [-0.3, -0.25) is 9.78 Å². The van der Waals surface area contributed by atoms with E-state index in [1.165, 1.54) is 6.07 Å². The Balaban J connectivity index is 2.24. The molecule has 2 aromatic rings. The Hall–Kier alpha value is -2.21. The molecule has 3 N–H and O–H groups in total. The minimum atomic E-state index is -0.313. The van der Waals surface area contributed by atoms with E-state index in [0.717, 1.165) is 5.56 Å². The van der Waals surface area contributed by atoms with Crippen molar-refractivity contribution >= 4 is 5.95 Å². The third kappa shape index (κ3) is 3.14. The molecule has 0 aliphatic rings. The van der Waals surface area contributed by atoms with Crippen LogP contribution in [-0.2, 0) is 0 Å². The number of aromatic nitrogens is 3. The fraction of sp³-hybridized carbons (Fsp3) is 0.250. The summed E-state index contributed by atoms with van der Waals surface area (Å²) in [6.45, 7) is 0.653. The van der Waals surface area contributed by atoms with E-state index < -0.39 is 0 Å². The van der Waals surface area contributed by atoms with E-state index >= 15 is 0 Å². The van der Waals surface area contributed by atoms with Crippen LogP contribution in [0.1, 0.15) is 6.42 Å². The van der Waals surface area contributed by atoms with Crippen LogP contribution in [0.25, 0.3) is 11.3 Å². The van der Waals surface area contributed by atoms with Crippen molar-refractivity contribution in [1.82, 2.24) is 15.0 Å². The van der Waals surface area contributed by atoms with Crippen molar-refractivity contribution in [3.05, 3.63) is 40.9 Å². The topological polar surface area (TPSA) is 90.9 Å². The predicted octanol–water partition coefficient (Wildman–Crippen LogP) is 0.626. The maximum atomic E-state index is 11.5. The third-order valence-corrected chi connectivity index (χ3v) is 2.36. The number of H-pyrrole nitrogens is 1. The minimum Gasteiger partial charge on any atom is -0.396 e. The molecule has 0 saturated heterocycles. The predicted molar refractivity (Wildman–Crippen MR) is 68.3 cm³/mol. The average Bonchev–Trinajstić information content (AvgIpc) is 2.39. The number of aliphatic hydroxyl groups excluding tert-OH is 1. The second-order valence-electron chi connectivity index (χ2n) is 3.72. The summed E-state index contributed by atoms with van der Waals surface area (Å²) in [6, 6.07) is 5.05. The van der Waals surface area contributed by atoms with E-state index in [1.807, 2.05) is 12.1 Å². The molecule has 2 rings (SSSR count). The molecule has 0 atom stereocenters.